The summed E-state index contributed by atoms with van der Waals surface area (Å²) < 4.78 is 5.49. The summed E-state index contributed by atoms with van der Waals surface area (Å²) in [6.45, 7) is 7.64. The van der Waals surface area contributed by atoms with Crippen LogP contribution in [0.4, 0.5) is 5.82 Å². The molecule has 3 heteroatoms. The maximum Gasteiger partial charge on any atom is 0.130 e. The van der Waals surface area contributed by atoms with Crippen LogP contribution in [0.15, 0.2) is 48.5 Å². The second-order valence-corrected chi connectivity index (χ2v) is 6.47. The number of benzene rings is 2. The molecular formula is C21H22N2O. The van der Waals surface area contributed by atoms with Gasteiger partial charge in [-0.2, -0.15) is 0 Å². The predicted molar refractivity (Wildman–Crippen MR) is 99.7 cm³/mol. The zero-order valence-electron chi connectivity index (χ0n) is 14.2. The van der Waals surface area contributed by atoms with Crippen LogP contribution in [0, 0.1) is 13.8 Å². The van der Waals surface area contributed by atoms with E-state index < -0.39 is 0 Å². The number of ether oxygens (including phenoxy) is 1. The van der Waals surface area contributed by atoms with E-state index in [2.05, 4.69) is 67.3 Å². The fourth-order valence-electron chi connectivity index (χ4n) is 3.42. The molecule has 1 saturated heterocycles. The van der Waals surface area contributed by atoms with Gasteiger partial charge in [0.05, 0.1) is 18.9 Å². The fourth-order valence-corrected chi connectivity index (χ4v) is 3.42. The Morgan fingerprint density at radius 3 is 2.54 bits per heavy atom. The number of anilines is 1. The van der Waals surface area contributed by atoms with Gasteiger partial charge in [0.1, 0.15) is 5.82 Å². The van der Waals surface area contributed by atoms with Gasteiger partial charge in [0, 0.05) is 24.0 Å². The zero-order chi connectivity index (χ0) is 16.5. The molecule has 2 heterocycles. The summed E-state index contributed by atoms with van der Waals surface area (Å²) in [6, 6.07) is 17.3. The van der Waals surface area contributed by atoms with Crippen molar-refractivity contribution in [2.45, 2.75) is 13.8 Å². The average Bonchev–Trinajstić information content (AvgIpc) is 2.62. The first-order valence-corrected chi connectivity index (χ1v) is 8.52. The molecule has 1 fully saturated rings. The van der Waals surface area contributed by atoms with Crippen LogP contribution in [-0.2, 0) is 4.74 Å². The zero-order valence-corrected chi connectivity index (χ0v) is 14.2. The highest BCUT2D eigenvalue weighted by atomic mass is 16.5. The van der Waals surface area contributed by atoms with Crippen LogP contribution in [0.25, 0.3) is 22.0 Å². The summed E-state index contributed by atoms with van der Waals surface area (Å²) in [4.78, 5) is 7.38. The largest absolute Gasteiger partial charge is 0.378 e. The van der Waals surface area contributed by atoms with E-state index in [1.54, 1.807) is 0 Å². The highest BCUT2D eigenvalue weighted by Gasteiger charge is 2.16. The lowest BCUT2D eigenvalue weighted by atomic mass is 9.98. The Kier molecular flexibility index (Phi) is 3.95. The number of aromatic nitrogens is 1. The quantitative estimate of drug-likeness (QED) is 0.702. The van der Waals surface area contributed by atoms with Crippen LogP contribution in [0.5, 0.6) is 0 Å². The summed E-state index contributed by atoms with van der Waals surface area (Å²) in [7, 11) is 0. The molecule has 0 unspecified atom stereocenters. The molecule has 1 aliphatic heterocycles. The minimum absolute atomic E-state index is 0.771. The average molecular weight is 318 g/mol. The maximum atomic E-state index is 5.49. The van der Waals surface area contributed by atoms with E-state index >= 15 is 0 Å². The molecule has 3 nitrogen and oxygen atoms in total. The SMILES string of the molecule is Cc1ccc(-c2nc(N3CCOCC3)cc3ccccc23)c(C)c1. The monoisotopic (exact) mass is 318 g/mol. The molecule has 3 aromatic rings. The standard InChI is InChI=1S/C21H22N2O/c1-15-7-8-18(16(2)13-15)21-19-6-4-3-5-17(19)14-20(22-21)23-9-11-24-12-10-23/h3-8,13-14H,9-12H2,1-2H3. The maximum absolute atomic E-state index is 5.49. The Hall–Kier alpha value is -2.39. The van der Waals surface area contributed by atoms with Crippen molar-refractivity contribution in [2.24, 2.45) is 0 Å². The lowest BCUT2D eigenvalue weighted by Gasteiger charge is -2.28. The van der Waals surface area contributed by atoms with Gasteiger partial charge in [0.25, 0.3) is 0 Å². The molecule has 0 N–H and O–H groups in total. The van der Waals surface area contributed by atoms with E-state index in [0.29, 0.717) is 0 Å². The third-order valence-electron chi connectivity index (χ3n) is 4.70. The Bertz CT molecular complexity index is 882. The molecule has 0 saturated carbocycles. The third-order valence-corrected chi connectivity index (χ3v) is 4.70. The van der Waals surface area contributed by atoms with Crippen molar-refractivity contribution in [1.29, 1.82) is 0 Å². The molecule has 0 amide bonds. The van der Waals surface area contributed by atoms with Gasteiger partial charge < -0.3 is 9.64 Å². The molecule has 2 aromatic carbocycles. The Balaban J connectivity index is 1.92. The van der Waals surface area contributed by atoms with E-state index in [9.17, 15) is 0 Å². The topological polar surface area (TPSA) is 25.4 Å². The van der Waals surface area contributed by atoms with E-state index in [-0.39, 0.29) is 0 Å². The molecule has 24 heavy (non-hydrogen) atoms. The Labute approximate surface area is 142 Å². The van der Waals surface area contributed by atoms with Crippen molar-refractivity contribution in [1.82, 2.24) is 4.98 Å². The molecular weight excluding hydrogens is 296 g/mol. The van der Waals surface area contributed by atoms with Crippen molar-refractivity contribution >= 4 is 16.6 Å². The first-order chi connectivity index (χ1) is 11.7. The van der Waals surface area contributed by atoms with Crippen LogP contribution in [-0.4, -0.2) is 31.3 Å². The summed E-state index contributed by atoms with van der Waals surface area (Å²) in [5.41, 5.74) is 4.84. The molecule has 4 rings (SSSR count). The van der Waals surface area contributed by atoms with Crippen molar-refractivity contribution < 1.29 is 4.74 Å². The summed E-state index contributed by atoms with van der Waals surface area (Å²) in [6.07, 6.45) is 0. The van der Waals surface area contributed by atoms with E-state index in [1.165, 1.54) is 27.5 Å². The van der Waals surface area contributed by atoms with Gasteiger partial charge in [-0.25, -0.2) is 4.98 Å². The van der Waals surface area contributed by atoms with E-state index in [1.807, 2.05) is 0 Å². The number of aryl methyl sites for hydroxylation is 2. The lowest BCUT2D eigenvalue weighted by molar-refractivity contribution is 0.122. The number of rotatable bonds is 2. The first kappa shape index (κ1) is 15.2. The normalized spacial score (nSPS) is 15.0. The second kappa shape index (κ2) is 6.25. The number of morpholine rings is 1. The number of pyridine rings is 1. The fraction of sp³-hybridized carbons (Fsp3) is 0.286. The van der Waals surface area contributed by atoms with Gasteiger partial charge >= 0.3 is 0 Å². The van der Waals surface area contributed by atoms with Crippen LogP contribution < -0.4 is 4.90 Å². The van der Waals surface area contributed by atoms with Crippen molar-refractivity contribution in [2.75, 3.05) is 31.2 Å². The third kappa shape index (κ3) is 2.76. The van der Waals surface area contributed by atoms with Crippen LogP contribution in [0.2, 0.25) is 0 Å². The van der Waals surface area contributed by atoms with Gasteiger partial charge in [-0.05, 0) is 30.9 Å². The molecule has 1 aliphatic rings. The van der Waals surface area contributed by atoms with Gasteiger partial charge in [-0.15, -0.1) is 0 Å². The van der Waals surface area contributed by atoms with Crippen molar-refractivity contribution in [3.63, 3.8) is 0 Å². The highest BCUT2D eigenvalue weighted by Crippen LogP contribution is 2.32. The molecule has 1 aromatic heterocycles. The van der Waals surface area contributed by atoms with E-state index in [4.69, 9.17) is 9.72 Å². The van der Waals surface area contributed by atoms with E-state index in [0.717, 1.165) is 37.8 Å². The molecule has 0 spiro atoms. The Morgan fingerprint density at radius 1 is 0.958 bits per heavy atom. The first-order valence-electron chi connectivity index (χ1n) is 8.52. The summed E-state index contributed by atoms with van der Waals surface area (Å²) in [5, 5.41) is 2.45. The lowest BCUT2D eigenvalue weighted by Crippen LogP contribution is -2.36. The number of hydrogen-bond acceptors (Lipinski definition) is 3. The van der Waals surface area contributed by atoms with Gasteiger partial charge in [0.2, 0.25) is 0 Å². The van der Waals surface area contributed by atoms with Crippen LogP contribution >= 0.6 is 0 Å². The van der Waals surface area contributed by atoms with Gasteiger partial charge in [0.15, 0.2) is 0 Å². The highest BCUT2D eigenvalue weighted by molar-refractivity contribution is 5.97. The molecule has 0 radical (unpaired) electrons. The second-order valence-electron chi connectivity index (χ2n) is 6.47. The predicted octanol–water partition coefficient (Wildman–Crippen LogP) is 4.36. The minimum atomic E-state index is 0.771. The van der Waals surface area contributed by atoms with Gasteiger partial charge in [-0.1, -0.05) is 48.0 Å². The summed E-state index contributed by atoms with van der Waals surface area (Å²) >= 11 is 0. The molecule has 0 bridgehead atoms. The molecule has 0 atom stereocenters. The number of fused-ring (bicyclic) bond motifs is 1. The van der Waals surface area contributed by atoms with Crippen LogP contribution in [0.3, 0.4) is 0 Å². The van der Waals surface area contributed by atoms with Crippen LogP contribution in [0.1, 0.15) is 11.1 Å². The molecule has 122 valence electrons. The Morgan fingerprint density at radius 2 is 1.75 bits per heavy atom. The number of nitrogens with zero attached hydrogens (tertiary/aromatic N) is 2. The summed E-state index contributed by atoms with van der Waals surface area (Å²) in [5.74, 6) is 1.05. The van der Waals surface area contributed by atoms with Gasteiger partial charge in [-0.3, -0.25) is 0 Å². The smallest absolute Gasteiger partial charge is 0.130 e. The van der Waals surface area contributed by atoms with Crippen molar-refractivity contribution in [3.8, 4) is 11.3 Å². The van der Waals surface area contributed by atoms with Crippen molar-refractivity contribution in [3.05, 3.63) is 59.7 Å². The number of hydrogen-bond donors (Lipinski definition) is 0. The molecule has 0 aliphatic carbocycles. The minimum Gasteiger partial charge on any atom is -0.378 e.